The number of nitrogens with two attached hydrogens (primary N) is 1. The van der Waals surface area contributed by atoms with Crippen LogP contribution in [0.3, 0.4) is 0 Å². The summed E-state index contributed by atoms with van der Waals surface area (Å²) in [5.74, 6) is 0.0460. The Morgan fingerprint density at radius 2 is 2.21 bits per heavy atom. The maximum Gasteiger partial charge on any atom is 0.352 e. The van der Waals surface area contributed by atoms with Gasteiger partial charge in [0.05, 0.1) is 0 Å². The molecule has 0 aliphatic rings. The molecule has 0 spiro atoms. The minimum absolute atomic E-state index is 0.479. The van der Waals surface area contributed by atoms with Crippen molar-refractivity contribution in [3.05, 3.63) is 29.3 Å². The van der Waals surface area contributed by atoms with E-state index >= 15 is 0 Å². The number of carbonyl (C=O) groups excluding carboxylic acids is 1. The average Bonchev–Trinajstić information content (AvgIpc) is 2.15. The van der Waals surface area contributed by atoms with Crippen molar-refractivity contribution in [2.24, 2.45) is 5.73 Å². The van der Waals surface area contributed by atoms with E-state index in [1.807, 2.05) is 19.1 Å². The number of rotatable bonds is 3. The molecule has 0 radical (unpaired) electrons. The van der Waals surface area contributed by atoms with E-state index < -0.39 is 5.97 Å². The Labute approximate surface area is 82.5 Å². The molecule has 0 saturated heterocycles. The summed E-state index contributed by atoms with van der Waals surface area (Å²) in [5, 5.41) is 0. The quantitative estimate of drug-likeness (QED) is 0.583. The van der Waals surface area contributed by atoms with Crippen molar-refractivity contribution >= 4 is 5.97 Å². The summed E-state index contributed by atoms with van der Waals surface area (Å²) in [4.78, 5) is 19.7. The largest absolute Gasteiger partial charge is 0.352 e. The minimum Gasteiger partial charge on any atom is -0.326 e. The van der Waals surface area contributed by atoms with Gasteiger partial charge in [0.1, 0.15) is 0 Å². The maximum absolute atomic E-state index is 10.5. The summed E-state index contributed by atoms with van der Waals surface area (Å²) in [6, 6.07) is 5.44. The van der Waals surface area contributed by atoms with Gasteiger partial charge in [-0.25, -0.2) is 4.79 Å². The number of aryl methyl sites for hydroxylation is 1. The smallest absolute Gasteiger partial charge is 0.326 e. The van der Waals surface area contributed by atoms with Gasteiger partial charge in [-0.2, -0.15) is 0 Å². The fourth-order valence-corrected chi connectivity index (χ4v) is 1.04. The van der Waals surface area contributed by atoms with Crippen LogP contribution in [0.15, 0.2) is 18.2 Å². The molecule has 4 heteroatoms. The van der Waals surface area contributed by atoms with Crippen LogP contribution in [0.5, 0.6) is 5.75 Å². The second-order valence-corrected chi connectivity index (χ2v) is 2.96. The third-order valence-electron chi connectivity index (χ3n) is 1.72. The lowest BCUT2D eigenvalue weighted by atomic mass is 10.1. The molecule has 0 aromatic heterocycles. The van der Waals surface area contributed by atoms with Crippen molar-refractivity contribution in [1.82, 2.24) is 0 Å². The molecule has 1 rings (SSSR count). The molecule has 76 valence electrons. The molecule has 0 saturated carbocycles. The molecule has 0 atom stereocenters. The van der Waals surface area contributed by atoms with Gasteiger partial charge in [0.15, 0.2) is 5.75 Å². The Balaban J connectivity index is 2.73. The van der Waals surface area contributed by atoms with E-state index in [-0.39, 0.29) is 0 Å². The molecule has 14 heavy (non-hydrogen) atoms. The minimum atomic E-state index is -0.479. The molecule has 1 aromatic carbocycles. The standard InChI is InChI=1S/C10H13NO3/c1-7-5-9(6-11)3-4-10(7)14-13-8(2)12/h3-5H,6,11H2,1-2H3. The van der Waals surface area contributed by atoms with E-state index in [0.29, 0.717) is 12.3 Å². The van der Waals surface area contributed by atoms with E-state index in [1.54, 1.807) is 6.07 Å². The van der Waals surface area contributed by atoms with Crippen LogP contribution in [-0.2, 0) is 16.2 Å². The van der Waals surface area contributed by atoms with Crippen molar-refractivity contribution in [3.8, 4) is 5.75 Å². The van der Waals surface area contributed by atoms with E-state index in [9.17, 15) is 4.79 Å². The molecule has 0 heterocycles. The van der Waals surface area contributed by atoms with Crippen molar-refractivity contribution in [1.29, 1.82) is 0 Å². The summed E-state index contributed by atoms with van der Waals surface area (Å²) >= 11 is 0. The Kier molecular flexibility index (Phi) is 3.48. The lowest BCUT2D eigenvalue weighted by Gasteiger charge is -2.06. The highest BCUT2D eigenvalue weighted by atomic mass is 17.2. The normalized spacial score (nSPS) is 9.64. The van der Waals surface area contributed by atoms with Crippen LogP contribution in [0.25, 0.3) is 0 Å². The monoisotopic (exact) mass is 195 g/mol. The molecule has 0 aliphatic heterocycles. The van der Waals surface area contributed by atoms with Crippen LogP contribution >= 0.6 is 0 Å². The zero-order valence-electron chi connectivity index (χ0n) is 8.24. The first-order valence-electron chi connectivity index (χ1n) is 4.28. The van der Waals surface area contributed by atoms with Crippen molar-refractivity contribution in [2.75, 3.05) is 0 Å². The lowest BCUT2D eigenvalue weighted by Crippen LogP contribution is -2.04. The first-order valence-corrected chi connectivity index (χ1v) is 4.28. The number of carbonyl (C=O) groups is 1. The van der Waals surface area contributed by atoms with Gasteiger partial charge in [-0.3, -0.25) is 9.78 Å². The van der Waals surface area contributed by atoms with Crippen LogP contribution < -0.4 is 10.6 Å². The molecule has 0 aliphatic carbocycles. The van der Waals surface area contributed by atoms with Gasteiger partial charge in [0.25, 0.3) is 0 Å². The van der Waals surface area contributed by atoms with Gasteiger partial charge >= 0.3 is 5.97 Å². The van der Waals surface area contributed by atoms with Crippen molar-refractivity contribution < 1.29 is 14.6 Å². The highest BCUT2D eigenvalue weighted by Crippen LogP contribution is 2.19. The Bertz CT molecular complexity index is 336. The number of hydrogen-bond acceptors (Lipinski definition) is 4. The van der Waals surface area contributed by atoms with E-state index in [1.165, 1.54) is 6.92 Å². The van der Waals surface area contributed by atoms with Crippen molar-refractivity contribution in [3.63, 3.8) is 0 Å². The van der Waals surface area contributed by atoms with Gasteiger partial charge in [0.2, 0.25) is 0 Å². The Morgan fingerprint density at radius 3 is 2.71 bits per heavy atom. The number of benzene rings is 1. The second kappa shape index (κ2) is 4.62. The molecule has 0 fully saturated rings. The lowest BCUT2D eigenvalue weighted by molar-refractivity contribution is -0.211. The third kappa shape index (κ3) is 2.74. The number of hydrogen-bond donors (Lipinski definition) is 1. The zero-order chi connectivity index (χ0) is 10.6. The van der Waals surface area contributed by atoms with Gasteiger partial charge in [-0.05, 0) is 24.1 Å². The SMILES string of the molecule is CC(=O)OOc1ccc(CN)cc1C. The van der Waals surface area contributed by atoms with Crippen LogP contribution in [0.2, 0.25) is 0 Å². The summed E-state index contributed by atoms with van der Waals surface area (Å²) in [6.45, 7) is 3.62. The molecular formula is C10H13NO3. The van der Waals surface area contributed by atoms with Crippen molar-refractivity contribution in [2.45, 2.75) is 20.4 Å². The third-order valence-corrected chi connectivity index (χ3v) is 1.72. The van der Waals surface area contributed by atoms with Crippen LogP contribution in [0.4, 0.5) is 0 Å². The summed E-state index contributed by atoms with van der Waals surface area (Å²) in [7, 11) is 0. The fourth-order valence-electron chi connectivity index (χ4n) is 1.04. The van der Waals surface area contributed by atoms with Crippen LogP contribution in [-0.4, -0.2) is 5.97 Å². The highest BCUT2D eigenvalue weighted by molar-refractivity contribution is 5.65. The predicted octanol–water partition coefficient (Wildman–Crippen LogP) is 1.31. The van der Waals surface area contributed by atoms with Gasteiger partial charge in [0, 0.05) is 13.5 Å². The maximum atomic E-state index is 10.5. The van der Waals surface area contributed by atoms with Crippen LogP contribution in [0, 0.1) is 6.92 Å². The topological polar surface area (TPSA) is 61.5 Å². The predicted molar refractivity (Wildman–Crippen MR) is 51.5 cm³/mol. The Hall–Kier alpha value is -1.55. The molecule has 2 N–H and O–H groups in total. The molecule has 4 nitrogen and oxygen atoms in total. The summed E-state index contributed by atoms with van der Waals surface area (Å²) in [5.41, 5.74) is 7.36. The second-order valence-electron chi connectivity index (χ2n) is 2.96. The highest BCUT2D eigenvalue weighted by Gasteiger charge is 2.03. The average molecular weight is 195 g/mol. The first-order chi connectivity index (χ1) is 6.63. The Morgan fingerprint density at radius 1 is 1.50 bits per heavy atom. The fraction of sp³-hybridized carbons (Fsp3) is 0.300. The summed E-state index contributed by atoms with van der Waals surface area (Å²) < 4.78 is 0. The van der Waals surface area contributed by atoms with E-state index in [0.717, 1.165) is 11.1 Å². The van der Waals surface area contributed by atoms with Crippen LogP contribution in [0.1, 0.15) is 18.1 Å². The molecule has 1 aromatic rings. The van der Waals surface area contributed by atoms with Gasteiger partial charge in [-0.1, -0.05) is 12.1 Å². The molecule has 0 amide bonds. The van der Waals surface area contributed by atoms with E-state index in [4.69, 9.17) is 10.6 Å². The molecule has 0 unspecified atom stereocenters. The molecule has 0 bridgehead atoms. The summed E-state index contributed by atoms with van der Waals surface area (Å²) in [6.07, 6.45) is 0. The van der Waals surface area contributed by atoms with Gasteiger partial charge < -0.3 is 5.73 Å². The zero-order valence-corrected chi connectivity index (χ0v) is 8.24. The van der Waals surface area contributed by atoms with Gasteiger partial charge in [-0.15, -0.1) is 0 Å². The van der Waals surface area contributed by atoms with E-state index in [2.05, 4.69) is 4.89 Å². The first kappa shape index (κ1) is 10.5. The molecular weight excluding hydrogens is 182 g/mol.